The molecule has 186 valence electrons. The molecule has 1 amide bonds. The quantitative estimate of drug-likeness (QED) is 0.0960. The Morgan fingerprint density at radius 2 is 1.70 bits per heavy atom. The van der Waals surface area contributed by atoms with Gasteiger partial charge in [0.05, 0.1) is 11.6 Å². The van der Waals surface area contributed by atoms with Gasteiger partial charge in [-0.1, -0.05) is 76.7 Å². The number of aromatic nitrogens is 2. The van der Waals surface area contributed by atoms with Gasteiger partial charge in [0.15, 0.2) is 4.34 Å². The van der Waals surface area contributed by atoms with Gasteiger partial charge in [0.1, 0.15) is 11.6 Å². The zero-order chi connectivity index (χ0) is 26.1. The van der Waals surface area contributed by atoms with Crippen LogP contribution in [0.25, 0.3) is 5.76 Å². The molecule has 37 heavy (non-hydrogen) atoms. The van der Waals surface area contributed by atoms with Crippen molar-refractivity contribution in [3.8, 4) is 0 Å². The van der Waals surface area contributed by atoms with Crippen LogP contribution in [-0.2, 0) is 15.3 Å². The molecule has 0 bridgehead atoms. The third-order valence-corrected chi connectivity index (χ3v) is 8.21. The summed E-state index contributed by atoms with van der Waals surface area (Å²) in [6.07, 6.45) is 0. The molecule has 10 heteroatoms. The van der Waals surface area contributed by atoms with Gasteiger partial charge in [0.25, 0.3) is 5.78 Å². The molecule has 5 rings (SSSR count). The number of benzene rings is 3. The highest BCUT2D eigenvalue weighted by Gasteiger charge is 2.48. The van der Waals surface area contributed by atoms with Gasteiger partial charge in [-0.25, -0.2) is 4.39 Å². The lowest BCUT2D eigenvalue weighted by atomic mass is 9.95. The van der Waals surface area contributed by atoms with Crippen molar-refractivity contribution >= 4 is 57.3 Å². The summed E-state index contributed by atoms with van der Waals surface area (Å²) < 4.78 is 14.1. The summed E-state index contributed by atoms with van der Waals surface area (Å²) in [5, 5.41) is 20.4. The number of aryl methyl sites for hydroxylation is 1. The van der Waals surface area contributed by atoms with Crippen molar-refractivity contribution in [1.82, 2.24) is 10.2 Å². The minimum atomic E-state index is -0.923. The Bertz CT molecular complexity index is 1500. The van der Waals surface area contributed by atoms with Gasteiger partial charge in [-0.05, 0) is 54.4 Å². The van der Waals surface area contributed by atoms with E-state index in [-0.39, 0.29) is 22.0 Å². The van der Waals surface area contributed by atoms with E-state index in [1.54, 1.807) is 12.1 Å². The molecule has 1 aliphatic heterocycles. The number of carbonyl (C=O) groups excluding carboxylic acids is 2. The number of rotatable bonds is 6. The van der Waals surface area contributed by atoms with Crippen molar-refractivity contribution in [3.05, 3.63) is 111 Å². The molecular formula is C27H19ClFN3O3S2. The predicted molar refractivity (Wildman–Crippen MR) is 143 cm³/mol. The minimum absolute atomic E-state index is 0.0916. The van der Waals surface area contributed by atoms with E-state index >= 15 is 0 Å². The second kappa shape index (κ2) is 10.5. The van der Waals surface area contributed by atoms with Gasteiger partial charge in [-0.3, -0.25) is 14.5 Å². The van der Waals surface area contributed by atoms with Gasteiger partial charge in [0.2, 0.25) is 5.13 Å². The Labute approximate surface area is 225 Å². The Morgan fingerprint density at radius 1 is 1.03 bits per heavy atom. The smallest absolute Gasteiger partial charge is 0.301 e. The lowest BCUT2D eigenvalue weighted by Crippen LogP contribution is -2.29. The van der Waals surface area contributed by atoms with Gasteiger partial charge in [-0.15, -0.1) is 10.2 Å². The van der Waals surface area contributed by atoms with Crippen molar-refractivity contribution in [1.29, 1.82) is 0 Å². The molecular weight excluding hydrogens is 533 g/mol. The molecule has 1 saturated heterocycles. The van der Waals surface area contributed by atoms with Gasteiger partial charge in [0, 0.05) is 16.3 Å². The fourth-order valence-electron chi connectivity index (χ4n) is 3.94. The summed E-state index contributed by atoms with van der Waals surface area (Å²) in [5.74, 6) is -1.91. The zero-order valence-electron chi connectivity index (χ0n) is 19.4. The number of hydrogen-bond donors (Lipinski definition) is 1. The number of ketones is 1. The second-order valence-corrected chi connectivity index (χ2v) is 11.0. The number of anilines is 1. The van der Waals surface area contributed by atoms with Crippen LogP contribution >= 0.6 is 34.7 Å². The Hall–Kier alpha value is -3.53. The van der Waals surface area contributed by atoms with Crippen LogP contribution in [-0.4, -0.2) is 27.0 Å². The molecule has 2 heterocycles. The van der Waals surface area contributed by atoms with Crippen molar-refractivity contribution in [2.45, 2.75) is 23.1 Å². The number of aliphatic hydroxyl groups excluding tert-OH is 1. The number of Topliss-reactive ketones (excluding diaryl/α,β-unsaturated/α-hetero) is 1. The van der Waals surface area contributed by atoms with Crippen LogP contribution in [0.4, 0.5) is 9.52 Å². The van der Waals surface area contributed by atoms with Crippen molar-refractivity contribution < 1.29 is 19.1 Å². The Balaban J connectivity index is 1.53. The summed E-state index contributed by atoms with van der Waals surface area (Å²) in [6.45, 7) is 1.92. The maximum atomic E-state index is 13.5. The molecule has 1 aliphatic rings. The summed E-state index contributed by atoms with van der Waals surface area (Å²) in [7, 11) is 0. The lowest BCUT2D eigenvalue weighted by Gasteiger charge is -2.22. The summed E-state index contributed by atoms with van der Waals surface area (Å²) >= 11 is 8.59. The highest BCUT2D eigenvalue weighted by molar-refractivity contribution is 8.00. The maximum absolute atomic E-state index is 13.5. The molecule has 1 aromatic heterocycles. The molecule has 3 aromatic carbocycles. The number of thioether (sulfide) groups is 1. The van der Waals surface area contributed by atoms with Crippen molar-refractivity contribution in [2.24, 2.45) is 0 Å². The second-order valence-electron chi connectivity index (χ2n) is 8.35. The number of nitrogens with zero attached hydrogens (tertiary/aromatic N) is 3. The first-order valence-electron chi connectivity index (χ1n) is 11.2. The maximum Gasteiger partial charge on any atom is 0.301 e. The van der Waals surface area contributed by atoms with E-state index in [0.717, 1.165) is 11.1 Å². The molecule has 1 fully saturated rings. The monoisotopic (exact) mass is 551 g/mol. The van der Waals surface area contributed by atoms with Crippen LogP contribution in [0.2, 0.25) is 5.02 Å². The molecule has 6 nitrogen and oxygen atoms in total. The van der Waals surface area contributed by atoms with Gasteiger partial charge in [-0.2, -0.15) is 0 Å². The van der Waals surface area contributed by atoms with E-state index in [9.17, 15) is 19.1 Å². The average Bonchev–Trinajstić information content (AvgIpc) is 3.46. The Morgan fingerprint density at radius 3 is 2.38 bits per heavy atom. The zero-order valence-corrected chi connectivity index (χ0v) is 21.8. The molecule has 1 N–H and O–H groups in total. The van der Waals surface area contributed by atoms with Crippen LogP contribution in [0.5, 0.6) is 0 Å². The van der Waals surface area contributed by atoms with E-state index in [4.69, 9.17) is 11.6 Å². The minimum Gasteiger partial charge on any atom is -0.507 e. The fraction of sp³-hybridized carbons (Fsp3) is 0.111. The Kier molecular flexibility index (Phi) is 7.10. The summed E-state index contributed by atoms with van der Waals surface area (Å²) in [5.41, 5.74) is 2.81. The van der Waals surface area contributed by atoms with Crippen molar-refractivity contribution in [3.63, 3.8) is 0 Å². The first kappa shape index (κ1) is 25.1. The lowest BCUT2D eigenvalue weighted by molar-refractivity contribution is -0.132. The number of aliphatic hydroxyl groups is 1. The first-order chi connectivity index (χ1) is 17.8. The molecule has 1 atom stereocenters. The van der Waals surface area contributed by atoms with E-state index < -0.39 is 23.5 Å². The number of carbonyl (C=O) groups is 2. The largest absolute Gasteiger partial charge is 0.507 e. The molecule has 0 spiro atoms. The van der Waals surface area contributed by atoms with E-state index in [2.05, 4.69) is 10.2 Å². The average molecular weight is 552 g/mol. The molecule has 4 aromatic rings. The highest BCUT2D eigenvalue weighted by atomic mass is 35.5. The van der Waals surface area contributed by atoms with E-state index in [1.807, 2.05) is 43.3 Å². The van der Waals surface area contributed by atoms with Crippen LogP contribution in [0.3, 0.4) is 0 Å². The molecule has 0 aliphatic carbocycles. The third kappa shape index (κ3) is 5.16. The predicted octanol–water partition coefficient (Wildman–Crippen LogP) is 6.56. The van der Waals surface area contributed by atoms with E-state index in [0.29, 0.717) is 20.7 Å². The van der Waals surface area contributed by atoms with Gasteiger partial charge < -0.3 is 5.11 Å². The highest BCUT2D eigenvalue weighted by Crippen LogP contribution is 2.44. The topological polar surface area (TPSA) is 83.4 Å². The summed E-state index contributed by atoms with van der Waals surface area (Å²) in [4.78, 5) is 27.8. The third-order valence-electron chi connectivity index (χ3n) is 5.83. The molecule has 0 radical (unpaired) electrons. The van der Waals surface area contributed by atoms with Gasteiger partial charge >= 0.3 is 5.91 Å². The summed E-state index contributed by atoms with van der Waals surface area (Å²) in [6, 6.07) is 18.9. The van der Waals surface area contributed by atoms with Crippen LogP contribution in [0.1, 0.15) is 28.3 Å². The standard InChI is InChI=1S/C27H19ClFN3O3S2/c1-15-2-6-17(7-3-15)22-21(23(33)18-8-12-20(29)13-9-18)24(34)25(35)32(22)26-30-31-27(37-26)36-14-16-4-10-19(28)11-5-16/h2-13,22,33H,14H2,1H3/b23-21-. The molecule has 1 unspecified atom stereocenters. The number of amides is 1. The fourth-order valence-corrected chi connectivity index (χ4v) is 5.89. The van der Waals surface area contributed by atoms with Crippen molar-refractivity contribution in [2.75, 3.05) is 4.90 Å². The first-order valence-corrected chi connectivity index (χ1v) is 13.3. The van der Waals surface area contributed by atoms with Crippen LogP contribution in [0, 0.1) is 12.7 Å². The van der Waals surface area contributed by atoms with Crippen LogP contribution in [0.15, 0.2) is 82.7 Å². The SMILES string of the molecule is Cc1ccc(C2/C(=C(/O)c3ccc(F)cc3)C(=O)C(=O)N2c2nnc(SCc3ccc(Cl)cc3)s2)cc1. The van der Waals surface area contributed by atoms with Crippen LogP contribution < -0.4 is 4.90 Å². The van der Waals surface area contributed by atoms with E-state index in [1.165, 1.54) is 52.3 Å². The normalized spacial score (nSPS) is 16.9. The molecule has 0 saturated carbocycles. The number of hydrogen-bond acceptors (Lipinski definition) is 7. The number of halogens is 2.